The van der Waals surface area contributed by atoms with Crippen molar-refractivity contribution in [2.75, 3.05) is 26.2 Å². The summed E-state index contributed by atoms with van der Waals surface area (Å²) in [4.78, 5) is 7.05. The molecule has 1 N–H and O–H groups in total. The second kappa shape index (κ2) is 6.85. The van der Waals surface area contributed by atoms with E-state index in [1.54, 1.807) is 0 Å². The van der Waals surface area contributed by atoms with E-state index >= 15 is 0 Å². The third kappa shape index (κ3) is 3.44. The summed E-state index contributed by atoms with van der Waals surface area (Å²) < 4.78 is 11.3. The Labute approximate surface area is 126 Å². The van der Waals surface area contributed by atoms with Gasteiger partial charge >= 0.3 is 0 Å². The lowest BCUT2D eigenvalue weighted by Crippen LogP contribution is -2.42. The van der Waals surface area contributed by atoms with Crippen LogP contribution in [0.4, 0.5) is 0 Å². The quantitative estimate of drug-likeness (QED) is 0.858. The van der Waals surface area contributed by atoms with Crippen molar-refractivity contribution in [2.24, 2.45) is 0 Å². The van der Waals surface area contributed by atoms with Crippen LogP contribution >= 0.6 is 0 Å². The highest BCUT2D eigenvalue weighted by Gasteiger charge is 2.34. The lowest BCUT2D eigenvalue weighted by molar-refractivity contribution is -0.0548. The molecule has 21 heavy (non-hydrogen) atoms. The maximum atomic E-state index is 5.93. The Morgan fingerprint density at radius 1 is 1.43 bits per heavy atom. The molecule has 2 aliphatic heterocycles. The molecule has 0 saturated carbocycles. The van der Waals surface area contributed by atoms with Crippen molar-refractivity contribution < 1.29 is 9.26 Å². The number of morpholine rings is 1. The summed E-state index contributed by atoms with van der Waals surface area (Å²) in [6.07, 6.45) is 4.35. The molecule has 118 valence electrons. The molecule has 0 aliphatic carbocycles. The van der Waals surface area contributed by atoms with Crippen molar-refractivity contribution in [2.45, 2.75) is 57.7 Å². The van der Waals surface area contributed by atoms with E-state index in [9.17, 15) is 0 Å². The summed E-state index contributed by atoms with van der Waals surface area (Å²) >= 11 is 0. The number of ether oxygens (including phenoxy) is 1. The average Bonchev–Trinajstić information content (AvgIpc) is 3.14. The van der Waals surface area contributed by atoms with Crippen LogP contribution in [0.15, 0.2) is 4.52 Å². The number of nitrogens with zero attached hydrogens (tertiary/aromatic N) is 3. The first kappa shape index (κ1) is 14.9. The van der Waals surface area contributed by atoms with Crippen LogP contribution in [0.5, 0.6) is 0 Å². The Hall–Kier alpha value is -0.980. The van der Waals surface area contributed by atoms with Crippen molar-refractivity contribution in [3.63, 3.8) is 0 Å². The van der Waals surface area contributed by atoms with E-state index in [0.717, 1.165) is 32.5 Å². The highest BCUT2D eigenvalue weighted by molar-refractivity contribution is 4.98. The molecule has 0 radical (unpaired) electrons. The van der Waals surface area contributed by atoms with Gasteiger partial charge in [-0.15, -0.1) is 0 Å². The largest absolute Gasteiger partial charge is 0.367 e. The number of fused-ring (bicyclic) bond motifs is 1. The number of hydrogen-bond acceptors (Lipinski definition) is 6. The topological polar surface area (TPSA) is 63.4 Å². The highest BCUT2D eigenvalue weighted by Crippen LogP contribution is 2.28. The summed E-state index contributed by atoms with van der Waals surface area (Å²) in [5.41, 5.74) is 0. The Morgan fingerprint density at radius 3 is 3.14 bits per heavy atom. The maximum Gasteiger partial charge on any atom is 0.228 e. The zero-order chi connectivity index (χ0) is 14.7. The van der Waals surface area contributed by atoms with Gasteiger partial charge in [0, 0.05) is 25.0 Å². The summed E-state index contributed by atoms with van der Waals surface area (Å²) in [5, 5.41) is 7.57. The van der Waals surface area contributed by atoms with Crippen LogP contribution in [-0.4, -0.2) is 53.4 Å². The predicted octanol–water partition coefficient (Wildman–Crippen LogP) is 1.54. The minimum atomic E-state index is -0.0314. The van der Waals surface area contributed by atoms with Gasteiger partial charge in [0.1, 0.15) is 6.10 Å². The van der Waals surface area contributed by atoms with Crippen LogP contribution in [0.3, 0.4) is 0 Å². The Morgan fingerprint density at radius 2 is 2.33 bits per heavy atom. The fourth-order valence-corrected chi connectivity index (χ4v) is 3.32. The molecule has 2 saturated heterocycles. The molecule has 3 rings (SSSR count). The number of hydrogen-bond donors (Lipinski definition) is 1. The SMILES string of the molecule is CCNC(CC)Cc1nc(C2CN3CCCC3CO2)no1. The van der Waals surface area contributed by atoms with Crippen molar-refractivity contribution in [1.82, 2.24) is 20.4 Å². The summed E-state index contributed by atoms with van der Waals surface area (Å²) in [6, 6.07) is 1.00. The van der Waals surface area contributed by atoms with Crippen molar-refractivity contribution in [3.8, 4) is 0 Å². The highest BCUT2D eigenvalue weighted by atomic mass is 16.5. The van der Waals surface area contributed by atoms with Gasteiger partial charge in [0.2, 0.25) is 11.7 Å². The second-order valence-corrected chi connectivity index (χ2v) is 6.03. The van der Waals surface area contributed by atoms with Crippen molar-refractivity contribution >= 4 is 0 Å². The van der Waals surface area contributed by atoms with E-state index in [2.05, 4.69) is 34.2 Å². The molecule has 3 atom stereocenters. The van der Waals surface area contributed by atoms with E-state index < -0.39 is 0 Å². The van der Waals surface area contributed by atoms with E-state index in [4.69, 9.17) is 9.26 Å². The molecule has 1 aromatic heterocycles. The first-order valence-corrected chi connectivity index (χ1v) is 8.21. The lowest BCUT2D eigenvalue weighted by Gasteiger charge is -2.33. The number of likely N-dealkylation sites (N-methyl/N-ethyl adjacent to an activating group) is 1. The monoisotopic (exact) mass is 294 g/mol. The third-order valence-electron chi connectivity index (χ3n) is 4.57. The van der Waals surface area contributed by atoms with E-state index in [1.807, 2.05) is 0 Å². The fourth-order valence-electron chi connectivity index (χ4n) is 3.32. The number of aromatic nitrogens is 2. The molecule has 0 amide bonds. The van der Waals surface area contributed by atoms with Crippen molar-refractivity contribution in [1.29, 1.82) is 0 Å². The van der Waals surface area contributed by atoms with E-state index in [1.165, 1.54) is 19.4 Å². The molecule has 1 aromatic rings. The minimum Gasteiger partial charge on any atom is -0.367 e. The molecule has 0 spiro atoms. The zero-order valence-corrected chi connectivity index (χ0v) is 13.0. The van der Waals surface area contributed by atoms with Crippen LogP contribution in [0.25, 0.3) is 0 Å². The molecule has 6 heteroatoms. The predicted molar refractivity (Wildman–Crippen MR) is 79.0 cm³/mol. The Kier molecular flexibility index (Phi) is 4.87. The van der Waals surface area contributed by atoms with Gasteiger partial charge < -0.3 is 14.6 Å². The number of nitrogens with one attached hydrogen (secondary N) is 1. The molecule has 2 fully saturated rings. The smallest absolute Gasteiger partial charge is 0.228 e. The van der Waals surface area contributed by atoms with E-state index in [0.29, 0.717) is 23.8 Å². The molecule has 0 aromatic carbocycles. The zero-order valence-electron chi connectivity index (χ0n) is 13.0. The van der Waals surface area contributed by atoms with Gasteiger partial charge in [-0.2, -0.15) is 4.98 Å². The fraction of sp³-hybridized carbons (Fsp3) is 0.867. The molecule has 3 unspecified atom stereocenters. The van der Waals surface area contributed by atoms with Gasteiger partial charge in [-0.05, 0) is 32.4 Å². The first-order chi connectivity index (χ1) is 10.3. The van der Waals surface area contributed by atoms with Gasteiger partial charge in [-0.25, -0.2) is 0 Å². The second-order valence-electron chi connectivity index (χ2n) is 6.03. The van der Waals surface area contributed by atoms with Gasteiger partial charge in [0.15, 0.2) is 0 Å². The van der Waals surface area contributed by atoms with Crippen LogP contribution in [0.2, 0.25) is 0 Å². The van der Waals surface area contributed by atoms with Crippen molar-refractivity contribution in [3.05, 3.63) is 11.7 Å². The van der Waals surface area contributed by atoms with Gasteiger partial charge in [-0.1, -0.05) is 19.0 Å². The molecule has 0 bridgehead atoms. The minimum absolute atomic E-state index is 0.0314. The van der Waals surface area contributed by atoms with Gasteiger partial charge in [-0.3, -0.25) is 4.90 Å². The Bertz CT molecular complexity index is 451. The molecule has 6 nitrogen and oxygen atoms in total. The number of rotatable bonds is 6. The van der Waals surface area contributed by atoms with E-state index in [-0.39, 0.29) is 6.10 Å². The van der Waals surface area contributed by atoms with Crippen LogP contribution in [-0.2, 0) is 11.2 Å². The maximum absolute atomic E-state index is 5.93. The lowest BCUT2D eigenvalue weighted by atomic mass is 10.1. The Balaban J connectivity index is 1.59. The summed E-state index contributed by atoms with van der Waals surface area (Å²) in [6.45, 7) is 8.11. The van der Waals surface area contributed by atoms with Crippen LogP contribution in [0.1, 0.15) is 50.9 Å². The summed E-state index contributed by atoms with van der Waals surface area (Å²) in [7, 11) is 0. The van der Waals surface area contributed by atoms with Crippen LogP contribution < -0.4 is 5.32 Å². The first-order valence-electron chi connectivity index (χ1n) is 8.21. The summed E-state index contributed by atoms with van der Waals surface area (Å²) in [5.74, 6) is 1.42. The average molecular weight is 294 g/mol. The van der Waals surface area contributed by atoms with Crippen LogP contribution in [0, 0.1) is 0 Å². The molecular weight excluding hydrogens is 268 g/mol. The molecule has 2 aliphatic rings. The molecule has 3 heterocycles. The van der Waals surface area contributed by atoms with Gasteiger partial charge in [0.05, 0.1) is 6.61 Å². The normalized spacial score (nSPS) is 27.7. The third-order valence-corrected chi connectivity index (χ3v) is 4.57. The standard InChI is InChI=1S/C15H26N4O2/c1-3-11(16-4-2)8-14-17-15(18-21-14)13-9-19-7-5-6-12(19)10-20-13/h11-13,16H,3-10H2,1-2H3. The molecular formula is C15H26N4O2. The van der Waals surface area contributed by atoms with Gasteiger partial charge in [0.25, 0.3) is 0 Å².